The number of rotatable bonds is 18. The second-order valence-electron chi connectivity index (χ2n) is 12.0. The Morgan fingerprint density at radius 1 is 0.604 bits per heavy atom. The zero-order valence-corrected chi connectivity index (χ0v) is 32.3. The van der Waals surface area contributed by atoms with E-state index in [1.165, 1.54) is 60.8 Å². The van der Waals surface area contributed by atoms with Crippen molar-refractivity contribution in [2.45, 2.75) is 12.0 Å². The third-order valence-corrected chi connectivity index (χ3v) is 10.6. The topological polar surface area (TPSA) is 196 Å². The fraction of sp³-hybridized carbons (Fsp3) is 0.371. The van der Waals surface area contributed by atoms with E-state index >= 15 is 0 Å². The van der Waals surface area contributed by atoms with Crippen LogP contribution in [0.2, 0.25) is 0 Å². The molecule has 18 heteroatoms. The minimum absolute atomic E-state index is 0.0809. The zero-order valence-electron chi connectivity index (χ0n) is 30.7. The Hall–Kier alpha value is -5.04. The number of benzene rings is 2. The van der Waals surface area contributed by atoms with Gasteiger partial charge in [-0.05, 0) is 55.0 Å². The molecule has 0 fully saturated rings. The van der Waals surface area contributed by atoms with Crippen molar-refractivity contribution in [1.82, 2.24) is 9.97 Å². The van der Waals surface area contributed by atoms with Gasteiger partial charge < -0.3 is 38.2 Å². The number of aromatic nitrogens is 2. The van der Waals surface area contributed by atoms with Gasteiger partial charge in [0.25, 0.3) is 20.2 Å². The highest BCUT2D eigenvalue weighted by Crippen LogP contribution is 2.42. The largest absolute Gasteiger partial charge is 0.493 e. The number of pyridine rings is 2. The Labute approximate surface area is 309 Å². The average Bonchev–Trinajstić information content (AvgIpc) is 3.14. The SMILES string of the molecule is COc1cc(-c2ccc(N(C)CCC(CS(=O)(=O)O)(CS(=O)(=O)O)N(C)c3ccc(-c4cc(OC)c(OC)c(OC)c4)nc3)cn2)cc(OC)c1OC. The predicted octanol–water partition coefficient (Wildman–Crippen LogP) is 4.34. The van der Waals surface area contributed by atoms with Crippen molar-refractivity contribution in [2.75, 3.05) is 84.6 Å². The molecular weight excluding hydrogens is 733 g/mol. The van der Waals surface area contributed by atoms with Crippen molar-refractivity contribution in [3.63, 3.8) is 0 Å². The van der Waals surface area contributed by atoms with Crippen LogP contribution in [0.25, 0.3) is 22.5 Å². The quantitative estimate of drug-likeness (QED) is 0.135. The molecule has 0 aliphatic heterocycles. The van der Waals surface area contributed by atoms with Gasteiger partial charge in [0.05, 0.1) is 94.9 Å². The summed E-state index contributed by atoms with van der Waals surface area (Å²) in [6, 6.07) is 13.7. The van der Waals surface area contributed by atoms with Crippen LogP contribution in [0.3, 0.4) is 0 Å². The van der Waals surface area contributed by atoms with Gasteiger partial charge in [0.15, 0.2) is 23.0 Å². The van der Waals surface area contributed by atoms with Crippen molar-refractivity contribution < 1.29 is 54.4 Å². The molecule has 0 saturated carbocycles. The number of anilines is 2. The van der Waals surface area contributed by atoms with Crippen LogP contribution in [0.15, 0.2) is 60.9 Å². The van der Waals surface area contributed by atoms with Crippen molar-refractivity contribution in [3.05, 3.63) is 60.9 Å². The third kappa shape index (κ3) is 9.69. The smallest absolute Gasteiger partial charge is 0.267 e. The Morgan fingerprint density at radius 2 is 0.981 bits per heavy atom. The van der Waals surface area contributed by atoms with E-state index in [4.69, 9.17) is 28.4 Å². The highest BCUT2D eigenvalue weighted by molar-refractivity contribution is 7.86. The van der Waals surface area contributed by atoms with Gasteiger partial charge in [0, 0.05) is 31.8 Å². The first-order valence-electron chi connectivity index (χ1n) is 15.9. The molecule has 0 unspecified atom stereocenters. The molecule has 53 heavy (non-hydrogen) atoms. The van der Waals surface area contributed by atoms with Gasteiger partial charge in [-0.15, -0.1) is 0 Å². The molecule has 16 nitrogen and oxygen atoms in total. The molecular formula is C35H44N4O12S2. The Bertz CT molecular complexity index is 2010. The summed E-state index contributed by atoms with van der Waals surface area (Å²) in [6.45, 7) is 0.0809. The molecule has 2 heterocycles. The van der Waals surface area contributed by atoms with Crippen LogP contribution in [0.4, 0.5) is 11.4 Å². The van der Waals surface area contributed by atoms with E-state index in [-0.39, 0.29) is 13.0 Å². The Morgan fingerprint density at radius 3 is 1.28 bits per heavy atom. The summed E-state index contributed by atoms with van der Waals surface area (Å²) >= 11 is 0. The van der Waals surface area contributed by atoms with Crippen LogP contribution in [0.1, 0.15) is 6.42 Å². The van der Waals surface area contributed by atoms with Gasteiger partial charge in [-0.25, -0.2) is 0 Å². The number of hydrogen-bond donors (Lipinski definition) is 2. The van der Waals surface area contributed by atoms with Gasteiger partial charge in [0.1, 0.15) is 0 Å². The second kappa shape index (κ2) is 16.7. The van der Waals surface area contributed by atoms with Gasteiger partial charge in [-0.2, -0.15) is 16.8 Å². The van der Waals surface area contributed by atoms with Crippen LogP contribution in [0.5, 0.6) is 34.5 Å². The minimum atomic E-state index is -4.78. The van der Waals surface area contributed by atoms with Crippen LogP contribution in [-0.4, -0.2) is 116 Å². The highest BCUT2D eigenvalue weighted by atomic mass is 32.2. The molecule has 0 aliphatic carbocycles. The third-order valence-electron chi connectivity index (χ3n) is 8.77. The number of nitrogens with zero attached hydrogens (tertiary/aromatic N) is 4. The van der Waals surface area contributed by atoms with Gasteiger partial charge in [-0.3, -0.25) is 19.1 Å². The summed E-state index contributed by atoms with van der Waals surface area (Å²) in [7, 11) is 2.61. The lowest BCUT2D eigenvalue weighted by atomic mass is 9.96. The average molecular weight is 777 g/mol. The Balaban J connectivity index is 1.66. The van der Waals surface area contributed by atoms with Crippen molar-refractivity contribution in [1.29, 1.82) is 0 Å². The maximum atomic E-state index is 12.5. The van der Waals surface area contributed by atoms with E-state index in [0.717, 1.165) is 0 Å². The highest BCUT2D eigenvalue weighted by Gasteiger charge is 2.43. The van der Waals surface area contributed by atoms with E-state index in [1.54, 1.807) is 66.7 Å². The normalized spacial score (nSPS) is 11.8. The molecule has 2 aromatic carbocycles. The molecule has 0 atom stereocenters. The first kappa shape index (κ1) is 40.7. The lowest BCUT2D eigenvalue weighted by Gasteiger charge is -2.42. The molecule has 2 N–H and O–H groups in total. The summed E-state index contributed by atoms with van der Waals surface area (Å²) in [6.07, 6.45) is 2.88. The van der Waals surface area contributed by atoms with Crippen molar-refractivity contribution >= 4 is 31.6 Å². The van der Waals surface area contributed by atoms with Gasteiger partial charge in [-0.1, -0.05) is 0 Å². The summed E-state index contributed by atoms with van der Waals surface area (Å²) < 4.78 is 103. The maximum absolute atomic E-state index is 12.5. The molecule has 0 spiro atoms. The number of methoxy groups -OCH3 is 6. The van der Waals surface area contributed by atoms with E-state index < -0.39 is 37.3 Å². The van der Waals surface area contributed by atoms with Gasteiger partial charge >= 0.3 is 0 Å². The fourth-order valence-electron chi connectivity index (χ4n) is 6.00. The molecule has 4 aromatic rings. The lowest BCUT2D eigenvalue weighted by Crippen LogP contribution is -2.57. The molecule has 288 valence electrons. The summed E-state index contributed by atoms with van der Waals surface area (Å²) in [5.74, 6) is 0.506. The first-order valence-corrected chi connectivity index (χ1v) is 19.1. The van der Waals surface area contributed by atoms with Gasteiger partial charge in [0.2, 0.25) is 11.5 Å². The van der Waals surface area contributed by atoms with Crippen LogP contribution >= 0.6 is 0 Å². The van der Waals surface area contributed by atoms with Crippen molar-refractivity contribution in [3.8, 4) is 57.0 Å². The number of ether oxygens (including phenoxy) is 6. The van der Waals surface area contributed by atoms with E-state index in [2.05, 4.69) is 9.97 Å². The minimum Gasteiger partial charge on any atom is -0.493 e. The van der Waals surface area contributed by atoms with Crippen LogP contribution < -0.4 is 38.2 Å². The van der Waals surface area contributed by atoms with E-state index in [9.17, 15) is 25.9 Å². The first-order chi connectivity index (χ1) is 25.0. The molecule has 0 saturated heterocycles. The maximum Gasteiger partial charge on any atom is 0.267 e. The molecule has 0 bridgehead atoms. The van der Waals surface area contributed by atoms with Crippen LogP contribution in [-0.2, 0) is 20.2 Å². The summed E-state index contributed by atoms with van der Waals surface area (Å²) in [5.41, 5.74) is 1.46. The summed E-state index contributed by atoms with van der Waals surface area (Å²) in [5, 5.41) is 0. The predicted molar refractivity (Wildman–Crippen MR) is 201 cm³/mol. The zero-order chi connectivity index (χ0) is 39.1. The van der Waals surface area contributed by atoms with Crippen LogP contribution in [0, 0.1) is 0 Å². The standard InChI is InChI=1S/C35H44N4O12S2/c1-38(25-9-11-27(36-19-25)23-15-29(46-3)33(50-7)30(16-23)47-4)14-13-35(21-52(40,41)42,22-53(43,44)45)39(2)26-10-12-28(37-20-26)24-17-31(48-5)34(51-8)32(18-24)49-6/h9-12,15-20H,13-14,21-22H2,1-8H3,(H,40,41,42)(H,43,44,45). The van der Waals surface area contributed by atoms with E-state index in [0.29, 0.717) is 68.4 Å². The van der Waals surface area contributed by atoms with E-state index in [1.807, 2.05) is 0 Å². The molecule has 0 amide bonds. The van der Waals surface area contributed by atoms with Crippen molar-refractivity contribution in [2.24, 2.45) is 0 Å². The molecule has 0 radical (unpaired) electrons. The monoisotopic (exact) mass is 776 g/mol. The summed E-state index contributed by atoms with van der Waals surface area (Å²) in [4.78, 5) is 12.2. The lowest BCUT2D eigenvalue weighted by molar-refractivity contribution is 0.324. The Kier molecular flexibility index (Phi) is 12.9. The molecule has 2 aromatic heterocycles. The molecule has 0 aliphatic rings. The number of hydrogen-bond acceptors (Lipinski definition) is 14. The molecule has 4 rings (SSSR count). The second-order valence-corrected chi connectivity index (χ2v) is 14.9. The fourth-order valence-corrected chi connectivity index (χ4v) is 8.37.